The summed E-state index contributed by atoms with van der Waals surface area (Å²) in [5.41, 5.74) is 0.800. The van der Waals surface area contributed by atoms with Crippen LogP contribution < -0.4 is 5.32 Å². The third-order valence-electron chi connectivity index (χ3n) is 2.32. The van der Waals surface area contributed by atoms with E-state index in [1.54, 1.807) is 10.8 Å². The fourth-order valence-corrected chi connectivity index (χ4v) is 3.48. The van der Waals surface area contributed by atoms with E-state index in [4.69, 9.17) is 0 Å². The molecule has 0 aliphatic rings. The second kappa shape index (κ2) is 6.06. The van der Waals surface area contributed by atoms with Crippen molar-refractivity contribution in [3.8, 4) is 0 Å². The summed E-state index contributed by atoms with van der Waals surface area (Å²) < 4.78 is 3.53. The third-order valence-corrected chi connectivity index (χ3v) is 5.09. The number of benzene rings is 1. The summed E-state index contributed by atoms with van der Waals surface area (Å²) in [6.07, 6.45) is 1.54. The van der Waals surface area contributed by atoms with Crippen molar-refractivity contribution >= 4 is 62.2 Å². The first-order valence-electron chi connectivity index (χ1n) is 5.56. The van der Waals surface area contributed by atoms with E-state index in [2.05, 4.69) is 43.2 Å². The largest absolute Gasteiger partial charge is 0.325 e. The van der Waals surface area contributed by atoms with Gasteiger partial charge in [-0.3, -0.25) is 4.79 Å². The van der Waals surface area contributed by atoms with Gasteiger partial charge in [-0.1, -0.05) is 23.1 Å². The summed E-state index contributed by atoms with van der Waals surface area (Å²) in [6.45, 7) is 0. The molecular weight excluding hydrogens is 409 g/mol. The molecule has 3 aromatic rings. The minimum atomic E-state index is -0.0535. The molecule has 0 fully saturated rings. The average molecular weight is 417 g/mol. The van der Waals surface area contributed by atoms with E-state index in [0.29, 0.717) is 5.75 Å². The van der Waals surface area contributed by atoms with Crippen LogP contribution in [0.2, 0.25) is 0 Å². The summed E-state index contributed by atoms with van der Waals surface area (Å²) in [5.74, 6) is 0.262. The Bertz CT molecular complexity index is 710. The molecule has 2 heterocycles. The number of anilines is 1. The standard InChI is InChI=1S/C11H8IN5OS2/c12-7-1-3-8(4-2-7)14-9(18)5-19-11-16-17-6-13-15-10(17)20-11/h1-4,6H,5H2,(H,14,18). The summed E-state index contributed by atoms with van der Waals surface area (Å²) in [7, 11) is 0. The average Bonchev–Trinajstić information content (AvgIpc) is 3.00. The third kappa shape index (κ3) is 3.27. The van der Waals surface area contributed by atoms with Crippen molar-refractivity contribution in [2.75, 3.05) is 11.1 Å². The number of halogens is 1. The number of thioether (sulfide) groups is 1. The Kier molecular flexibility index (Phi) is 4.17. The highest BCUT2D eigenvalue weighted by molar-refractivity contribution is 14.1. The highest BCUT2D eigenvalue weighted by atomic mass is 127. The van der Waals surface area contributed by atoms with Crippen molar-refractivity contribution in [1.82, 2.24) is 19.8 Å². The van der Waals surface area contributed by atoms with Crippen LogP contribution in [0.1, 0.15) is 0 Å². The van der Waals surface area contributed by atoms with Crippen molar-refractivity contribution < 1.29 is 4.79 Å². The Morgan fingerprint density at radius 2 is 2.20 bits per heavy atom. The van der Waals surface area contributed by atoms with E-state index < -0.39 is 0 Å². The van der Waals surface area contributed by atoms with E-state index in [0.717, 1.165) is 18.6 Å². The van der Waals surface area contributed by atoms with Gasteiger partial charge in [0.15, 0.2) is 4.34 Å². The van der Waals surface area contributed by atoms with E-state index in [1.165, 1.54) is 23.1 Å². The summed E-state index contributed by atoms with van der Waals surface area (Å²) in [5, 5.41) is 14.7. The number of aromatic nitrogens is 4. The number of carbonyl (C=O) groups excluding carboxylic acids is 1. The molecule has 0 atom stereocenters. The van der Waals surface area contributed by atoms with Crippen LogP contribution in [0.3, 0.4) is 0 Å². The Labute approximate surface area is 136 Å². The van der Waals surface area contributed by atoms with Crippen LogP contribution in [0.5, 0.6) is 0 Å². The molecule has 6 nitrogen and oxygen atoms in total. The molecule has 0 unspecified atom stereocenters. The molecule has 0 radical (unpaired) electrons. The smallest absolute Gasteiger partial charge is 0.235 e. The molecule has 102 valence electrons. The fourth-order valence-electron chi connectivity index (χ4n) is 1.46. The van der Waals surface area contributed by atoms with Crippen LogP contribution in [0.25, 0.3) is 4.96 Å². The van der Waals surface area contributed by atoms with Crippen LogP contribution >= 0.6 is 45.7 Å². The molecule has 1 aromatic carbocycles. The molecule has 1 amide bonds. The van der Waals surface area contributed by atoms with Crippen LogP contribution in [-0.2, 0) is 4.79 Å². The predicted octanol–water partition coefficient (Wildman–Crippen LogP) is 2.52. The quantitative estimate of drug-likeness (QED) is 0.522. The van der Waals surface area contributed by atoms with Gasteiger partial charge in [-0.25, -0.2) is 0 Å². The van der Waals surface area contributed by atoms with Crippen molar-refractivity contribution in [3.63, 3.8) is 0 Å². The van der Waals surface area contributed by atoms with Gasteiger partial charge in [0, 0.05) is 9.26 Å². The first-order valence-corrected chi connectivity index (χ1v) is 8.44. The van der Waals surface area contributed by atoms with Gasteiger partial charge in [0.05, 0.1) is 5.75 Å². The van der Waals surface area contributed by atoms with Crippen LogP contribution in [0, 0.1) is 3.57 Å². The van der Waals surface area contributed by atoms with Gasteiger partial charge in [0.2, 0.25) is 10.9 Å². The molecule has 0 spiro atoms. The van der Waals surface area contributed by atoms with Gasteiger partial charge < -0.3 is 5.32 Å². The van der Waals surface area contributed by atoms with Crippen LogP contribution in [0.4, 0.5) is 5.69 Å². The Morgan fingerprint density at radius 1 is 1.40 bits per heavy atom. The molecule has 3 rings (SSSR count). The lowest BCUT2D eigenvalue weighted by Crippen LogP contribution is -2.13. The first-order chi connectivity index (χ1) is 9.70. The molecule has 2 aromatic heterocycles. The number of carbonyl (C=O) groups is 1. The lowest BCUT2D eigenvalue weighted by Gasteiger charge is -2.03. The van der Waals surface area contributed by atoms with Gasteiger partial charge in [-0.05, 0) is 46.9 Å². The van der Waals surface area contributed by atoms with E-state index >= 15 is 0 Å². The number of nitrogens with one attached hydrogen (secondary N) is 1. The Morgan fingerprint density at radius 3 is 2.95 bits per heavy atom. The van der Waals surface area contributed by atoms with Gasteiger partial charge >= 0.3 is 0 Å². The highest BCUT2D eigenvalue weighted by Gasteiger charge is 2.09. The normalized spacial score (nSPS) is 10.8. The second-order valence-corrected chi connectivity index (χ2v) is 7.19. The highest BCUT2D eigenvalue weighted by Crippen LogP contribution is 2.23. The van der Waals surface area contributed by atoms with E-state index in [9.17, 15) is 4.79 Å². The topological polar surface area (TPSA) is 72.2 Å². The van der Waals surface area contributed by atoms with Crippen molar-refractivity contribution in [2.45, 2.75) is 4.34 Å². The lowest BCUT2D eigenvalue weighted by atomic mass is 10.3. The monoisotopic (exact) mass is 417 g/mol. The van der Waals surface area contributed by atoms with Crippen molar-refractivity contribution in [2.24, 2.45) is 0 Å². The van der Waals surface area contributed by atoms with Crippen LogP contribution in [-0.4, -0.2) is 31.5 Å². The number of hydrogen-bond donors (Lipinski definition) is 1. The van der Waals surface area contributed by atoms with Gasteiger partial charge in [-0.15, -0.1) is 15.3 Å². The van der Waals surface area contributed by atoms with Crippen LogP contribution in [0.15, 0.2) is 34.9 Å². The molecular formula is C11H8IN5OS2. The van der Waals surface area contributed by atoms with Gasteiger partial charge in [0.1, 0.15) is 6.33 Å². The summed E-state index contributed by atoms with van der Waals surface area (Å²) in [6, 6.07) is 7.67. The van der Waals surface area contributed by atoms with E-state index in [-0.39, 0.29) is 5.91 Å². The number of nitrogens with zero attached hydrogens (tertiary/aromatic N) is 4. The van der Waals surface area contributed by atoms with Crippen molar-refractivity contribution in [3.05, 3.63) is 34.2 Å². The zero-order valence-corrected chi connectivity index (χ0v) is 13.8. The first kappa shape index (κ1) is 13.8. The molecule has 0 saturated carbocycles. The zero-order chi connectivity index (χ0) is 13.9. The predicted molar refractivity (Wildman–Crippen MR) is 87.2 cm³/mol. The lowest BCUT2D eigenvalue weighted by molar-refractivity contribution is -0.113. The van der Waals surface area contributed by atoms with Gasteiger partial charge in [-0.2, -0.15) is 4.52 Å². The number of rotatable bonds is 4. The Balaban J connectivity index is 1.56. The maximum absolute atomic E-state index is 11.8. The molecule has 1 N–H and O–H groups in total. The summed E-state index contributed by atoms with van der Waals surface area (Å²) in [4.78, 5) is 12.6. The SMILES string of the molecule is O=C(CSc1nn2cnnc2s1)Nc1ccc(I)cc1. The molecule has 9 heteroatoms. The van der Waals surface area contributed by atoms with Crippen molar-refractivity contribution in [1.29, 1.82) is 0 Å². The summed E-state index contributed by atoms with van der Waals surface area (Å²) >= 11 is 5.02. The zero-order valence-electron chi connectivity index (χ0n) is 9.99. The number of amides is 1. The molecule has 0 aliphatic carbocycles. The number of fused-ring (bicyclic) bond motifs is 1. The molecule has 20 heavy (non-hydrogen) atoms. The molecule has 0 aliphatic heterocycles. The van der Waals surface area contributed by atoms with E-state index in [1.807, 2.05) is 24.3 Å². The molecule has 0 saturated heterocycles. The second-order valence-electron chi connectivity index (χ2n) is 3.77. The van der Waals surface area contributed by atoms with Gasteiger partial charge in [0.25, 0.3) is 0 Å². The minimum Gasteiger partial charge on any atom is -0.325 e. The fraction of sp³-hybridized carbons (Fsp3) is 0.0909. The minimum absolute atomic E-state index is 0.0535. The Hall–Kier alpha value is -1.20. The number of hydrogen-bond acceptors (Lipinski definition) is 6. The maximum Gasteiger partial charge on any atom is 0.235 e. The molecule has 0 bridgehead atoms. The maximum atomic E-state index is 11.8.